The number of hydrogen-bond acceptors (Lipinski definition) is 4. The molecule has 1 aromatic carbocycles. The summed E-state index contributed by atoms with van der Waals surface area (Å²) in [7, 11) is 0. The Kier molecular flexibility index (Phi) is 3.30. The second-order valence-corrected chi connectivity index (χ2v) is 5.38. The van der Waals surface area contributed by atoms with Crippen molar-refractivity contribution < 1.29 is 5.11 Å². The number of phenolic OH excluding ortho intramolecular Hbond substituents is 1. The molecule has 18 heavy (non-hydrogen) atoms. The summed E-state index contributed by atoms with van der Waals surface area (Å²) < 4.78 is 0. The van der Waals surface area contributed by atoms with Crippen LogP contribution in [0, 0.1) is 0 Å². The number of rotatable bonds is 4. The van der Waals surface area contributed by atoms with Gasteiger partial charge in [-0.3, -0.25) is 0 Å². The van der Waals surface area contributed by atoms with Gasteiger partial charge in [-0.1, -0.05) is 6.07 Å². The first-order chi connectivity index (χ1) is 8.83. The molecule has 2 aromatic rings. The van der Waals surface area contributed by atoms with Crippen LogP contribution in [-0.2, 0) is 12.8 Å². The van der Waals surface area contributed by atoms with Gasteiger partial charge in [0.05, 0.1) is 11.2 Å². The number of nitrogens with zero attached hydrogens (tertiary/aromatic N) is 1. The standard InChI is InChI=1S/C14H16N2OS/c17-12-2-3-13-10(7-12)1-4-14(13)15-6-5-11-8-18-9-16-11/h2-3,7-9,14-15,17H,1,4-6H2. The summed E-state index contributed by atoms with van der Waals surface area (Å²) in [5.74, 6) is 0.372. The van der Waals surface area contributed by atoms with Gasteiger partial charge in [0.2, 0.25) is 0 Å². The van der Waals surface area contributed by atoms with Crippen molar-refractivity contribution in [1.29, 1.82) is 0 Å². The molecule has 4 heteroatoms. The van der Waals surface area contributed by atoms with Crippen molar-refractivity contribution >= 4 is 11.3 Å². The molecule has 94 valence electrons. The van der Waals surface area contributed by atoms with Crippen molar-refractivity contribution in [2.75, 3.05) is 6.54 Å². The van der Waals surface area contributed by atoms with E-state index in [2.05, 4.69) is 15.7 Å². The molecule has 0 fully saturated rings. The molecular formula is C14H16N2OS. The van der Waals surface area contributed by atoms with Crippen LogP contribution in [0.25, 0.3) is 0 Å². The van der Waals surface area contributed by atoms with Crippen molar-refractivity contribution in [3.05, 3.63) is 45.9 Å². The van der Waals surface area contributed by atoms with Crippen LogP contribution in [0.1, 0.15) is 29.3 Å². The highest BCUT2D eigenvalue weighted by molar-refractivity contribution is 7.07. The van der Waals surface area contributed by atoms with Crippen LogP contribution in [-0.4, -0.2) is 16.6 Å². The molecule has 1 atom stereocenters. The predicted molar refractivity (Wildman–Crippen MR) is 73.0 cm³/mol. The lowest BCUT2D eigenvalue weighted by Crippen LogP contribution is -2.21. The van der Waals surface area contributed by atoms with Crippen LogP contribution in [0.5, 0.6) is 5.75 Å². The Hall–Kier alpha value is -1.39. The van der Waals surface area contributed by atoms with Crippen LogP contribution < -0.4 is 5.32 Å². The van der Waals surface area contributed by atoms with Crippen LogP contribution >= 0.6 is 11.3 Å². The average Bonchev–Trinajstić information content (AvgIpc) is 2.99. The summed E-state index contributed by atoms with van der Waals surface area (Å²) in [4.78, 5) is 4.28. The van der Waals surface area contributed by atoms with E-state index in [-0.39, 0.29) is 0 Å². The molecule has 0 saturated heterocycles. The fraction of sp³-hybridized carbons (Fsp3) is 0.357. The third-order valence-electron chi connectivity index (χ3n) is 3.46. The van der Waals surface area contributed by atoms with Crippen LogP contribution in [0.2, 0.25) is 0 Å². The maximum absolute atomic E-state index is 9.46. The molecule has 0 bridgehead atoms. The largest absolute Gasteiger partial charge is 0.508 e. The summed E-state index contributed by atoms with van der Waals surface area (Å²) in [6, 6.07) is 6.13. The highest BCUT2D eigenvalue weighted by atomic mass is 32.1. The maximum atomic E-state index is 9.46. The third-order valence-corrected chi connectivity index (χ3v) is 4.09. The quantitative estimate of drug-likeness (QED) is 0.888. The molecule has 0 saturated carbocycles. The molecule has 1 aromatic heterocycles. The van der Waals surface area contributed by atoms with Gasteiger partial charge in [-0.2, -0.15) is 0 Å². The smallest absolute Gasteiger partial charge is 0.115 e. The molecular weight excluding hydrogens is 244 g/mol. The number of thiazole rings is 1. The monoisotopic (exact) mass is 260 g/mol. The molecule has 0 aliphatic heterocycles. The van der Waals surface area contributed by atoms with Crippen LogP contribution in [0.4, 0.5) is 0 Å². The van der Waals surface area contributed by atoms with E-state index in [0.717, 1.165) is 31.5 Å². The number of aryl methyl sites for hydroxylation is 1. The highest BCUT2D eigenvalue weighted by Crippen LogP contribution is 2.33. The fourth-order valence-corrected chi connectivity index (χ4v) is 3.14. The Morgan fingerprint density at radius 2 is 2.39 bits per heavy atom. The Morgan fingerprint density at radius 1 is 1.44 bits per heavy atom. The lowest BCUT2D eigenvalue weighted by Gasteiger charge is -2.13. The SMILES string of the molecule is Oc1ccc2c(c1)CCC2NCCc1cscn1. The topological polar surface area (TPSA) is 45.1 Å². The molecule has 3 nitrogen and oxygen atoms in total. The fourth-order valence-electron chi connectivity index (χ4n) is 2.55. The number of phenols is 1. The zero-order valence-electron chi connectivity index (χ0n) is 10.1. The number of aromatic nitrogens is 1. The molecule has 2 N–H and O–H groups in total. The number of fused-ring (bicyclic) bond motifs is 1. The minimum absolute atomic E-state index is 0.372. The Labute approximate surface area is 111 Å². The van der Waals surface area contributed by atoms with E-state index in [9.17, 15) is 5.11 Å². The lowest BCUT2D eigenvalue weighted by atomic mass is 10.1. The van der Waals surface area contributed by atoms with Gasteiger partial charge in [0, 0.05) is 24.4 Å². The zero-order chi connectivity index (χ0) is 12.4. The van der Waals surface area contributed by atoms with Gasteiger partial charge >= 0.3 is 0 Å². The maximum Gasteiger partial charge on any atom is 0.115 e. The van der Waals surface area contributed by atoms with Gasteiger partial charge in [-0.05, 0) is 36.1 Å². The normalized spacial score (nSPS) is 17.9. The van der Waals surface area contributed by atoms with Crippen molar-refractivity contribution in [2.24, 2.45) is 0 Å². The van der Waals surface area contributed by atoms with Gasteiger partial charge in [0.1, 0.15) is 5.75 Å². The van der Waals surface area contributed by atoms with Crippen molar-refractivity contribution in [3.8, 4) is 5.75 Å². The molecule has 1 unspecified atom stereocenters. The van der Waals surface area contributed by atoms with Gasteiger partial charge in [0.15, 0.2) is 0 Å². The molecule has 3 rings (SSSR count). The van der Waals surface area contributed by atoms with E-state index in [1.54, 1.807) is 17.4 Å². The summed E-state index contributed by atoms with van der Waals surface area (Å²) in [5.41, 5.74) is 5.66. The summed E-state index contributed by atoms with van der Waals surface area (Å²) >= 11 is 1.65. The Morgan fingerprint density at radius 3 is 3.22 bits per heavy atom. The minimum atomic E-state index is 0.372. The van der Waals surface area contributed by atoms with Crippen molar-refractivity contribution in [2.45, 2.75) is 25.3 Å². The van der Waals surface area contributed by atoms with Crippen molar-refractivity contribution in [1.82, 2.24) is 10.3 Å². The predicted octanol–water partition coefficient (Wildman–Crippen LogP) is 2.67. The Bertz CT molecular complexity index is 525. The first kappa shape index (κ1) is 11.7. The second kappa shape index (κ2) is 5.08. The number of benzene rings is 1. The third kappa shape index (κ3) is 2.40. The van der Waals surface area contributed by atoms with Gasteiger partial charge in [-0.25, -0.2) is 4.98 Å². The first-order valence-electron chi connectivity index (χ1n) is 6.25. The van der Waals surface area contributed by atoms with Gasteiger partial charge < -0.3 is 10.4 Å². The van der Waals surface area contributed by atoms with E-state index in [4.69, 9.17) is 0 Å². The summed E-state index contributed by atoms with van der Waals surface area (Å²) in [6.07, 6.45) is 3.15. The van der Waals surface area contributed by atoms with E-state index in [1.807, 2.05) is 17.6 Å². The highest BCUT2D eigenvalue weighted by Gasteiger charge is 2.21. The molecule has 0 amide bonds. The average molecular weight is 260 g/mol. The van der Waals surface area contributed by atoms with Gasteiger partial charge in [-0.15, -0.1) is 11.3 Å². The molecule has 0 spiro atoms. The van der Waals surface area contributed by atoms with E-state index in [1.165, 1.54) is 11.1 Å². The van der Waals surface area contributed by atoms with E-state index >= 15 is 0 Å². The number of aromatic hydroxyl groups is 1. The number of hydrogen-bond donors (Lipinski definition) is 2. The minimum Gasteiger partial charge on any atom is -0.508 e. The first-order valence-corrected chi connectivity index (χ1v) is 7.19. The van der Waals surface area contributed by atoms with Crippen LogP contribution in [0.3, 0.4) is 0 Å². The summed E-state index contributed by atoms with van der Waals surface area (Å²) in [6.45, 7) is 0.953. The molecule has 1 aliphatic rings. The molecule has 1 aliphatic carbocycles. The molecule has 1 heterocycles. The summed E-state index contributed by atoms with van der Waals surface area (Å²) in [5, 5.41) is 15.1. The molecule has 0 radical (unpaired) electrons. The van der Waals surface area contributed by atoms with E-state index < -0.39 is 0 Å². The van der Waals surface area contributed by atoms with E-state index in [0.29, 0.717) is 11.8 Å². The van der Waals surface area contributed by atoms with Crippen LogP contribution in [0.15, 0.2) is 29.1 Å². The second-order valence-electron chi connectivity index (χ2n) is 4.66. The zero-order valence-corrected chi connectivity index (χ0v) is 10.9. The Balaban J connectivity index is 1.59. The van der Waals surface area contributed by atoms with Crippen molar-refractivity contribution in [3.63, 3.8) is 0 Å². The number of nitrogens with one attached hydrogen (secondary N) is 1. The lowest BCUT2D eigenvalue weighted by molar-refractivity contribution is 0.474. The van der Waals surface area contributed by atoms with Gasteiger partial charge in [0.25, 0.3) is 0 Å².